The van der Waals surface area contributed by atoms with Gasteiger partial charge >= 0.3 is 0 Å². The smallest absolute Gasteiger partial charge is 0.0843 e. The first-order valence-corrected chi connectivity index (χ1v) is 7.97. The molecule has 0 aromatic carbocycles. The molecule has 2 atom stereocenters. The summed E-state index contributed by atoms with van der Waals surface area (Å²) in [6, 6.07) is 2.47. The minimum Gasteiger partial charge on any atom is -0.380 e. The molecule has 1 aliphatic heterocycles. The van der Waals surface area contributed by atoms with Crippen molar-refractivity contribution in [2.75, 3.05) is 26.7 Å². The number of halogens is 2. The number of thiophene rings is 1. The second kappa shape index (κ2) is 6.12. The second-order valence-electron chi connectivity index (χ2n) is 4.16. The van der Waals surface area contributed by atoms with E-state index in [9.17, 15) is 0 Å². The summed E-state index contributed by atoms with van der Waals surface area (Å²) in [5.41, 5.74) is 5.92. The molecule has 17 heavy (non-hydrogen) atoms. The van der Waals surface area contributed by atoms with Crippen LogP contribution >= 0.6 is 43.2 Å². The molecule has 1 saturated heterocycles. The van der Waals surface area contributed by atoms with Crippen LogP contribution in [0.4, 0.5) is 0 Å². The van der Waals surface area contributed by atoms with Crippen molar-refractivity contribution in [2.45, 2.75) is 18.6 Å². The van der Waals surface area contributed by atoms with Crippen LogP contribution in [0.2, 0.25) is 0 Å². The van der Waals surface area contributed by atoms with Crippen molar-refractivity contribution in [3.8, 4) is 0 Å². The van der Waals surface area contributed by atoms with Crippen molar-refractivity contribution in [1.82, 2.24) is 4.90 Å². The van der Waals surface area contributed by atoms with Gasteiger partial charge in [0.15, 0.2) is 0 Å². The number of hydrogen-bond acceptors (Lipinski definition) is 4. The minimum atomic E-state index is 0.308. The van der Waals surface area contributed by atoms with Gasteiger partial charge in [0.1, 0.15) is 0 Å². The molecular formula is C11H16Br2N2OS. The Bertz CT molecular complexity index is 366. The van der Waals surface area contributed by atoms with Crippen LogP contribution in [0.3, 0.4) is 0 Å². The Kier molecular flexibility index (Phi) is 5.03. The Balaban J connectivity index is 2.11. The predicted molar refractivity (Wildman–Crippen MR) is 78.5 cm³/mol. The van der Waals surface area contributed by atoms with Crippen LogP contribution in [0.5, 0.6) is 0 Å². The molecule has 2 unspecified atom stereocenters. The number of likely N-dealkylation sites (tertiary alicyclic amines) is 1. The molecule has 0 saturated carbocycles. The Morgan fingerprint density at radius 2 is 2.41 bits per heavy atom. The summed E-state index contributed by atoms with van der Waals surface area (Å²) in [5, 5.41) is 0. The van der Waals surface area contributed by atoms with Crippen LogP contribution in [0, 0.1) is 0 Å². The lowest BCUT2D eigenvalue weighted by atomic mass is 10.2. The summed E-state index contributed by atoms with van der Waals surface area (Å²) in [6.07, 6.45) is 1.46. The van der Waals surface area contributed by atoms with Gasteiger partial charge in [-0.15, -0.1) is 11.3 Å². The molecule has 0 bridgehead atoms. The fourth-order valence-corrected chi connectivity index (χ4v) is 4.44. The van der Waals surface area contributed by atoms with Crippen molar-refractivity contribution in [3.05, 3.63) is 19.2 Å². The third kappa shape index (κ3) is 3.11. The minimum absolute atomic E-state index is 0.308. The van der Waals surface area contributed by atoms with Gasteiger partial charge in [-0.2, -0.15) is 0 Å². The monoisotopic (exact) mass is 382 g/mol. The molecule has 2 rings (SSSR count). The van der Waals surface area contributed by atoms with E-state index in [1.54, 1.807) is 18.4 Å². The van der Waals surface area contributed by atoms with Gasteiger partial charge in [0.2, 0.25) is 0 Å². The van der Waals surface area contributed by atoms with Gasteiger partial charge < -0.3 is 10.5 Å². The molecule has 0 radical (unpaired) electrons. The van der Waals surface area contributed by atoms with E-state index >= 15 is 0 Å². The average molecular weight is 384 g/mol. The van der Waals surface area contributed by atoms with E-state index in [0.29, 0.717) is 18.7 Å². The van der Waals surface area contributed by atoms with Crippen LogP contribution in [0.1, 0.15) is 17.3 Å². The number of rotatable bonds is 4. The largest absolute Gasteiger partial charge is 0.380 e. The van der Waals surface area contributed by atoms with Crippen LogP contribution in [-0.2, 0) is 4.74 Å². The lowest BCUT2D eigenvalue weighted by Gasteiger charge is -2.25. The fourth-order valence-electron chi connectivity index (χ4n) is 2.20. The lowest BCUT2D eigenvalue weighted by Crippen LogP contribution is -2.32. The fraction of sp³-hybridized carbons (Fsp3) is 0.636. The maximum atomic E-state index is 5.92. The highest BCUT2D eigenvalue weighted by molar-refractivity contribution is 9.13. The van der Waals surface area contributed by atoms with Gasteiger partial charge in [-0.25, -0.2) is 0 Å². The van der Waals surface area contributed by atoms with Crippen LogP contribution in [0.25, 0.3) is 0 Å². The maximum absolute atomic E-state index is 5.92. The van der Waals surface area contributed by atoms with Gasteiger partial charge in [-0.05, 0) is 44.3 Å². The van der Waals surface area contributed by atoms with Crippen molar-refractivity contribution in [2.24, 2.45) is 5.73 Å². The number of nitrogens with two attached hydrogens (primary N) is 1. The van der Waals surface area contributed by atoms with Crippen LogP contribution in [-0.4, -0.2) is 37.7 Å². The van der Waals surface area contributed by atoms with Crippen molar-refractivity contribution < 1.29 is 4.74 Å². The van der Waals surface area contributed by atoms with E-state index < -0.39 is 0 Å². The number of ether oxygens (including phenoxy) is 1. The molecule has 6 heteroatoms. The van der Waals surface area contributed by atoms with E-state index in [0.717, 1.165) is 27.8 Å². The highest BCUT2D eigenvalue weighted by Crippen LogP contribution is 2.38. The van der Waals surface area contributed by atoms with Crippen molar-refractivity contribution >= 4 is 43.2 Å². The molecule has 2 N–H and O–H groups in total. The molecule has 0 aliphatic carbocycles. The average Bonchev–Trinajstić information content (AvgIpc) is 2.89. The SMILES string of the molecule is COC1CCN(C(CN)c2cc(Br)c(Br)s2)C1. The normalized spacial score (nSPS) is 23.2. The highest BCUT2D eigenvalue weighted by atomic mass is 79.9. The van der Waals surface area contributed by atoms with Gasteiger partial charge in [0.05, 0.1) is 15.9 Å². The zero-order valence-electron chi connectivity index (χ0n) is 9.66. The molecule has 1 aromatic heterocycles. The molecule has 1 fully saturated rings. The lowest BCUT2D eigenvalue weighted by molar-refractivity contribution is 0.102. The molecule has 3 nitrogen and oxygen atoms in total. The van der Waals surface area contributed by atoms with Crippen molar-refractivity contribution in [3.63, 3.8) is 0 Å². The zero-order chi connectivity index (χ0) is 12.4. The third-order valence-corrected chi connectivity index (χ3v) is 6.52. The Labute approximate surface area is 123 Å². The van der Waals surface area contributed by atoms with Crippen LogP contribution in [0.15, 0.2) is 14.3 Å². The summed E-state index contributed by atoms with van der Waals surface area (Å²) in [5.74, 6) is 0. The van der Waals surface area contributed by atoms with Gasteiger partial charge in [0.25, 0.3) is 0 Å². The van der Waals surface area contributed by atoms with Crippen molar-refractivity contribution in [1.29, 1.82) is 0 Å². The van der Waals surface area contributed by atoms with E-state index in [4.69, 9.17) is 10.5 Å². The number of methoxy groups -OCH3 is 1. The van der Waals surface area contributed by atoms with Gasteiger partial charge in [-0.1, -0.05) is 0 Å². The second-order valence-corrected chi connectivity index (χ2v) is 7.42. The number of nitrogens with zero attached hydrogens (tertiary/aromatic N) is 1. The van der Waals surface area contributed by atoms with Gasteiger partial charge in [-0.3, -0.25) is 4.90 Å². The molecule has 1 aliphatic rings. The maximum Gasteiger partial charge on any atom is 0.0843 e. The first kappa shape index (κ1) is 14.0. The highest BCUT2D eigenvalue weighted by Gasteiger charge is 2.29. The first-order chi connectivity index (χ1) is 8.15. The molecule has 0 spiro atoms. The zero-order valence-corrected chi connectivity index (χ0v) is 13.6. The molecule has 0 amide bonds. The summed E-state index contributed by atoms with van der Waals surface area (Å²) in [7, 11) is 1.78. The first-order valence-electron chi connectivity index (χ1n) is 5.57. The Hall–Kier alpha value is 0.540. The number of hydrogen-bond donors (Lipinski definition) is 1. The summed E-state index contributed by atoms with van der Waals surface area (Å²) in [4.78, 5) is 3.72. The topological polar surface area (TPSA) is 38.5 Å². The molecular weight excluding hydrogens is 368 g/mol. The molecule has 2 heterocycles. The molecule has 1 aromatic rings. The predicted octanol–water partition coefficient (Wildman–Crippen LogP) is 2.99. The van der Waals surface area contributed by atoms with Crippen LogP contribution < -0.4 is 5.73 Å². The van der Waals surface area contributed by atoms with E-state index in [2.05, 4.69) is 42.8 Å². The van der Waals surface area contributed by atoms with Gasteiger partial charge in [0, 0.05) is 36.1 Å². The summed E-state index contributed by atoms with van der Waals surface area (Å²) >= 11 is 8.81. The summed E-state index contributed by atoms with van der Waals surface area (Å²) in [6.45, 7) is 2.69. The van der Waals surface area contributed by atoms with E-state index in [1.165, 1.54) is 4.88 Å². The quantitative estimate of drug-likeness (QED) is 0.868. The third-order valence-electron chi connectivity index (χ3n) is 3.17. The molecule has 96 valence electrons. The van der Waals surface area contributed by atoms with E-state index in [-0.39, 0.29) is 0 Å². The Morgan fingerprint density at radius 3 is 2.88 bits per heavy atom. The van der Waals surface area contributed by atoms with E-state index in [1.807, 2.05) is 0 Å². The summed E-state index contributed by atoms with van der Waals surface area (Å²) < 4.78 is 7.65. The Morgan fingerprint density at radius 1 is 1.65 bits per heavy atom. The standard InChI is InChI=1S/C11H16Br2N2OS/c1-16-7-2-3-15(6-7)9(5-14)10-4-8(12)11(13)17-10/h4,7,9H,2-3,5-6,14H2,1H3.